The van der Waals surface area contributed by atoms with E-state index in [0.717, 1.165) is 25.2 Å². The quantitative estimate of drug-likeness (QED) is 0.822. The van der Waals surface area contributed by atoms with Crippen molar-refractivity contribution in [2.75, 3.05) is 6.54 Å². The van der Waals surface area contributed by atoms with E-state index in [1.54, 1.807) is 0 Å². The molecule has 114 valence electrons. The number of hydrogen-bond donors (Lipinski definition) is 2. The van der Waals surface area contributed by atoms with Gasteiger partial charge in [-0.2, -0.15) is 0 Å². The van der Waals surface area contributed by atoms with Crippen molar-refractivity contribution in [2.45, 2.75) is 82.5 Å². The van der Waals surface area contributed by atoms with E-state index in [2.05, 4.69) is 24.1 Å². The molecule has 3 rings (SSSR count). The molecule has 3 N–H and O–H groups in total. The molecule has 0 radical (unpaired) electrons. The minimum Gasteiger partial charge on any atom is -0.368 e. The van der Waals surface area contributed by atoms with E-state index in [-0.39, 0.29) is 5.91 Å². The number of nitrogens with one attached hydrogen (secondary N) is 1. The second-order valence-electron chi connectivity index (χ2n) is 7.36. The minimum absolute atomic E-state index is 0.135. The highest BCUT2D eigenvalue weighted by Crippen LogP contribution is 2.39. The summed E-state index contributed by atoms with van der Waals surface area (Å²) in [6.07, 6.45) is 7.98. The normalized spacial score (nSPS) is 42.8. The van der Waals surface area contributed by atoms with Crippen molar-refractivity contribution in [1.29, 1.82) is 0 Å². The predicted octanol–water partition coefficient (Wildman–Crippen LogP) is 1.64. The van der Waals surface area contributed by atoms with Gasteiger partial charge >= 0.3 is 0 Å². The Morgan fingerprint density at radius 1 is 1.25 bits per heavy atom. The van der Waals surface area contributed by atoms with E-state index in [1.165, 1.54) is 32.2 Å². The monoisotopic (exact) mass is 279 g/mol. The molecular weight excluding hydrogens is 250 g/mol. The van der Waals surface area contributed by atoms with Crippen LogP contribution in [0.1, 0.15) is 58.8 Å². The van der Waals surface area contributed by atoms with Crippen molar-refractivity contribution in [1.82, 2.24) is 10.2 Å². The molecule has 4 unspecified atom stereocenters. The lowest BCUT2D eigenvalue weighted by Crippen LogP contribution is -2.56. The molecule has 3 aliphatic rings. The number of nitrogens with zero attached hydrogens (tertiary/aromatic N) is 1. The van der Waals surface area contributed by atoms with Gasteiger partial charge in [0.25, 0.3) is 0 Å². The van der Waals surface area contributed by atoms with Gasteiger partial charge in [0.2, 0.25) is 5.91 Å². The average molecular weight is 279 g/mol. The lowest BCUT2D eigenvalue weighted by Gasteiger charge is -2.42. The molecule has 2 saturated carbocycles. The third-order valence-corrected chi connectivity index (χ3v) is 5.91. The van der Waals surface area contributed by atoms with E-state index in [4.69, 9.17) is 5.73 Å². The third-order valence-electron chi connectivity index (χ3n) is 5.91. The molecular formula is C16H29N3O. The molecule has 0 aromatic rings. The van der Waals surface area contributed by atoms with Crippen LogP contribution in [-0.4, -0.2) is 41.0 Å². The topological polar surface area (TPSA) is 58.4 Å². The lowest BCUT2D eigenvalue weighted by molar-refractivity contribution is -0.124. The van der Waals surface area contributed by atoms with Crippen LogP contribution in [0.25, 0.3) is 0 Å². The zero-order chi connectivity index (χ0) is 14.3. The van der Waals surface area contributed by atoms with Crippen molar-refractivity contribution >= 4 is 5.91 Å². The maximum atomic E-state index is 12.0. The van der Waals surface area contributed by atoms with Gasteiger partial charge in [-0.25, -0.2) is 0 Å². The first-order chi connectivity index (χ1) is 9.52. The Hall–Kier alpha value is -0.610. The number of hydrogen-bond acceptors (Lipinski definition) is 3. The summed E-state index contributed by atoms with van der Waals surface area (Å²) in [5.41, 5.74) is 5.32. The Kier molecular flexibility index (Phi) is 3.80. The highest BCUT2D eigenvalue weighted by molar-refractivity contribution is 5.85. The van der Waals surface area contributed by atoms with Gasteiger partial charge < -0.3 is 11.1 Å². The van der Waals surface area contributed by atoms with Crippen LogP contribution in [0.4, 0.5) is 0 Å². The van der Waals surface area contributed by atoms with Gasteiger partial charge in [-0.1, -0.05) is 6.92 Å². The Morgan fingerprint density at radius 3 is 2.65 bits per heavy atom. The Labute approximate surface area is 122 Å². The molecule has 0 spiro atoms. The van der Waals surface area contributed by atoms with Gasteiger partial charge in [0.1, 0.15) is 0 Å². The fourth-order valence-corrected chi connectivity index (χ4v) is 4.23. The highest BCUT2D eigenvalue weighted by Gasteiger charge is 2.49. The van der Waals surface area contributed by atoms with Gasteiger partial charge in [0, 0.05) is 18.1 Å². The summed E-state index contributed by atoms with van der Waals surface area (Å²) in [4.78, 5) is 14.6. The van der Waals surface area contributed by atoms with Gasteiger partial charge in [-0.3, -0.25) is 9.69 Å². The van der Waals surface area contributed by atoms with E-state index in [0.29, 0.717) is 18.1 Å². The Balaban J connectivity index is 1.69. The molecule has 4 atom stereocenters. The highest BCUT2D eigenvalue weighted by atomic mass is 16.1. The summed E-state index contributed by atoms with van der Waals surface area (Å²) >= 11 is 0. The number of carbonyl (C=O) groups is 1. The van der Waals surface area contributed by atoms with Gasteiger partial charge in [0.05, 0.1) is 5.54 Å². The molecule has 1 saturated heterocycles. The fraction of sp³-hybridized carbons (Fsp3) is 0.938. The molecule has 4 nitrogen and oxygen atoms in total. The van der Waals surface area contributed by atoms with Gasteiger partial charge in [0.15, 0.2) is 0 Å². The zero-order valence-electron chi connectivity index (χ0n) is 12.9. The van der Waals surface area contributed by atoms with E-state index in [9.17, 15) is 4.79 Å². The van der Waals surface area contributed by atoms with Crippen LogP contribution >= 0.6 is 0 Å². The smallest absolute Gasteiger partial charge is 0.237 e. The van der Waals surface area contributed by atoms with E-state index in [1.807, 2.05) is 0 Å². The van der Waals surface area contributed by atoms with Crippen molar-refractivity contribution in [2.24, 2.45) is 11.7 Å². The molecule has 3 fully saturated rings. The number of rotatable bonds is 4. The van der Waals surface area contributed by atoms with Crippen LogP contribution < -0.4 is 11.1 Å². The minimum atomic E-state index is -0.424. The summed E-state index contributed by atoms with van der Waals surface area (Å²) < 4.78 is 0. The first-order valence-electron chi connectivity index (χ1n) is 8.35. The summed E-state index contributed by atoms with van der Waals surface area (Å²) in [5, 5.41) is 3.56. The number of piperidine rings is 1. The first kappa shape index (κ1) is 14.3. The second kappa shape index (κ2) is 5.30. The maximum absolute atomic E-state index is 12.0. The Bertz CT molecular complexity index is 382. The third kappa shape index (κ3) is 2.60. The number of primary amides is 1. The van der Waals surface area contributed by atoms with Crippen LogP contribution in [0.2, 0.25) is 0 Å². The lowest BCUT2D eigenvalue weighted by atomic mass is 9.89. The van der Waals surface area contributed by atoms with Crippen molar-refractivity contribution in [3.8, 4) is 0 Å². The van der Waals surface area contributed by atoms with Crippen molar-refractivity contribution in [3.63, 3.8) is 0 Å². The summed E-state index contributed by atoms with van der Waals surface area (Å²) in [6, 6.07) is 1.71. The second-order valence-corrected chi connectivity index (χ2v) is 7.36. The standard InChI is InChI=1S/C16H29N3O/c1-11-4-3-9-19(12(11)2)14-7-8-16(10-14,15(17)20)18-13-5-6-13/h11-14,18H,3-10H2,1-2H3,(H2,17,20). The largest absolute Gasteiger partial charge is 0.368 e. The van der Waals surface area contributed by atoms with Crippen molar-refractivity contribution in [3.05, 3.63) is 0 Å². The number of nitrogens with two attached hydrogens (primary N) is 1. The molecule has 1 amide bonds. The number of carbonyl (C=O) groups excluding carboxylic acids is 1. The van der Waals surface area contributed by atoms with Crippen LogP contribution in [0, 0.1) is 5.92 Å². The zero-order valence-corrected chi connectivity index (χ0v) is 12.9. The first-order valence-corrected chi connectivity index (χ1v) is 8.35. The van der Waals surface area contributed by atoms with Gasteiger partial charge in [-0.15, -0.1) is 0 Å². The molecule has 4 heteroatoms. The average Bonchev–Trinajstić information content (AvgIpc) is 3.10. The summed E-state index contributed by atoms with van der Waals surface area (Å²) in [5.74, 6) is 0.633. The molecule has 1 heterocycles. The van der Waals surface area contributed by atoms with Crippen molar-refractivity contribution < 1.29 is 4.79 Å². The van der Waals surface area contributed by atoms with E-state index < -0.39 is 5.54 Å². The predicted molar refractivity (Wildman–Crippen MR) is 80.3 cm³/mol. The Morgan fingerprint density at radius 2 is 2.00 bits per heavy atom. The van der Waals surface area contributed by atoms with Crippen LogP contribution in [0.15, 0.2) is 0 Å². The van der Waals surface area contributed by atoms with Crippen LogP contribution in [0.3, 0.4) is 0 Å². The summed E-state index contributed by atoms with van der Waals surface area (Å²) in [7, 11) is 0. The SMILES string of the molecule is CC1CCCN(C2CCC(NC3CC3)(C(N)=O)C2)C1C. The molecule has 0 aromatic heterocycles. The fourth-order valence-electron chi connectivity index (χ4n) is 4.23. The summed E-state index contributed by atoms with van der Waals surface area (Å²) in [6.45, 7) is 5.90. The molecule has 0 bridgehead atoms. The van der Waals surface area contributed by atoms with Crippen LogP contribution in [0.5, 0.6) is 0 Å². The number of likely N-dealkylation sites (tertiary alicyclic amines) is 1. The molecule has 1 aliphatic heterocycles. The van der Waals surface area contributed by atoms with Crippen LogP contribution in [-0.2, 0) is 4.79 Å². The number of amides is 1. The molecule has 2 aliphatic carbocycles. The van der Waals surface area contributed by atoms with E-state index >= 15 is 0 Å². The maximum Gasteiger partial charge on any atom is 0.237 e. The molecule has 0 aromatic carbocycles. The molecule has 20 heavy (non-hydrogen) atoms. The van der Waals surface area contributed by atoms with Gasteiger partial charge in [-0.05, 0) is 64.3 Å².